The van der Waals surface area contributed by atoms with Crippen LogP contribution in [0.1, 0.15) is 33.3 Å². The summed E-state index contributed by atoms with van der Waals surface area (Å²) in [4.78, 5) is 37.7. The van der Waals surface area contributed by atoms with E-state index in [4.69, 9.17) is 4.74 Å². The number of Topliss-reactive ketones (excluding diaryl/α,β-unsaturated/α-hetero) is 1. The lowest BCUT2D eigenvalue weighted by Crippen LogP contribution is -2.84. The Kier molecular flexibility index (Phi) is 4.61. The first kappa shape index (κ1) is 20.4. The number of carbonyl (C=O) groups excluding carboxylic acids is 2. The second kappa shape index (κ2) is 6.33. The molecule has 0 bridgehead atoms. The van der Waals surface area contributed by atoms with E-state index in [1.54, 1.807) is 20.8 Å². The number of benzene rings is 1. The predicted octanol–water partition coefficient (Wildman–Crippen LogP) is 1.01. The predicted molar refractivity (Wildman–Crippen MR) is 96.9 cm³/mol. The highest BCUT2D eigenvalue weighted by atomic mass is 16.6. The maximum Gasteiger partial charge on any atom is 0.273 e. The number of para-hydroxylation sites is 1. The van der Waals surface area contributed by atoms with Crippen LogP contribution in [0.15, 0.2) is 24.3 Å². The topological polar surface area (TPSA) is 130 Å². The summed E-state index contributed by atoms with van der Waals surface area (Å²) in [6.07, 6.45) is -0.575. The molecule has 2 fully saturated rings. The molecule has 0 saturated carbocycles. The zero-order chi connectivity index (χ0) is 21.1. The standard InChI is InChI=1S/C19H24N2O7/c1-11-10-28-17(2,3)20-15(11)18(4,16(20)23)19(24,25)14(22)9-12-7-5-6-8-13(12)21(26)27/h5-8,11,15,24-25H,9-10H2,1-4H3. The number of nitro benzene ring substituents is 1. The van der Waals surface area contributed by atoms with Crippen LogP contribution in [-0.2, 0) is 20.7 Å². The number of β-lactam (4-membered cyclic amide) rings is 1. The second-order valence-corrected chi connectivity index (χ2v) is 8.22. The van der Waals surface area contributed by atoms with Crippen LogP contribution >= 0.6 is 0 Å². The molecule has 0 aliphatic carbocycles. The summed E-state index contributed by atoms with van der Waals surface area (Å²) in [5.41, 5.74) is -2.93. The van der Waals surface area contributed by atoms with Crippen molar-refractivity contribution in [2.75, 3.05) is 6.61 Å². The highest BCUT2D eigenvalue weighted by molar-refractivity contribution is 6.00. The van der Waals surface area contributed by atoms with E-state index in [0.29, 0.717) is 6.61 Å². The summed E-state index contributed by atoms with van der Waals surface area (Å²) in [6.45, 7) is 6.86. The van der Waals surface area contributed by atoms with E-state index in [1.165, 1.54) is 36.1 Å². The monoisotopic (exact) mass is 392 g/mol. The van der Waals surface area contributed by atoms with Gasteiger partial charge in [-0.1, -0.05) is 25.1 Å². The third-order valence-electron chi connectivity index (χ3n) is 6.00. The number of aliphatic hydroxyl groups is 2. The second-order valence-electron chi connectivity index (χ2n) is 8.22. The molecule has 3 atom stereocenters. The number of ether oxygens (including phenoxy) is 1. The molecule has 2 saturated heterocycles. The highest BCUT2D eigenvalue weighted by Crippen LogP contribution is 2.54. The van der Waals surface area contributed by atoms with Gasteiger partial charge < -0.3 is 19.8 Å². The number of ketones is 1. The molecule has 0 aromatic heterocycles. The van der Waals surface area contributed by atoms with E-state index < -0.39 is 46.0 Å². The quantitative estimate of drug-likeness (QED) is 0.331. The van der Waals surface area contributed by atoms with Crippen LogP contribution in [0.2, 0.25) is 0 Å². The first-order chi connectivity index (χ1) is 12.9. The number of fused-ring (bicyclic) bond motifs is 1. The van der Waals surface area contributed by atoms with Gasteiger partial charge in [-0.2, -0.15) is 0 Å². The van der Waals surface area contributed by atoms with Crippen molar-refractivity contribution in [3.05, 3.63) is 39.9 Å². The largest absolute Gasteiger partial charge is 0.359 e. The Balaban J connectivity index is 1.93. The summed E-state index contributed by atoms with van der Waals surface area (Å²) in [5.74, 6) is -4.87. The maximum absolute atomic E-state index is 12.9. The van der Waals surface area contributed by atoms with E-state index in [-0.39, 0.29) is 17.2 Å². The van der Waals surface area contributed by atoms with Gasteiger partial charge in [-0.05, 0) is 20.8 Å². The Morgan fingerprint density at radius 2 is 1.96 bits per heavy atom. The SMILES string of the molecule is CC1COC(C)(C)N2C(=O)C(C)(C(O)(O)C(=O)Cc3ccccc3[N+](=O)[O-])C12. The summed E-state index contributed by atoms with van der Waals surface area (Å²) in [6, 6.07) is 4.97. The molecule has 0 spiro atoms. The van der Waals surface area contributed by atoms with E-state index in [9.17, 15) is 29.9 Å². The lowest BCUT2D eigenvalue weighted by Gasteiger charge is -2.66. The number of nitrogens with zero attached hydrogens (tertiary/aromatic N) is 2. The van der Waals surface area contributed by atoms with Crippen molar-refractivity contribution in [3.8, 4) is 0 Å². The normalized spacial score (nSPS) is 29.1. The van der Waals surface area contributed by atoms with Crippen LogP contribution in [0.4, 0.5) is 5.69 Å². The van der Waals surface area contributed by atoms with Crippen molar-refractivity contribution in [1.29, 1.82) is 0 Å². The fourth-order valence-electron chi connectivity index (χ4n) is 4.37. The van der Waals surface area contributed by atoms with Crippen LogP contribution in [0, 0.1) is 21.4 Å². The molecule has 9 nitrogen and oxygen atoms in total. The smallest absolute Gasteiger partial charge is 0.273 e. The number of carbonyl (C=O) groups is 2. The first-order valence-corrected chi connectivity index (χ1v) is 9.03. The van der Waals surface area contributed by atoms with Gasteiger partial charge in [-0.15, -0.1) is 0 Å². The van der Waals surface area contributed by atoms with Crippen molar-refractivity contribution < 1.29 is 29.5 Å². The highest BCUT2D eigenvalue weighted by Gasteiger charge is 2.74. The number of hydrogen-bond acceptors (Lipinski definition) is 7. The minimum atomic E-state index is -2.98. The third-order valence-corrected chi connectivity index (χ3v) is 6.00. The Morgan fingerprint density at radius 1 is 1.36 bits per heavy atom. The van der Waals surface area contributed by atoms with Crippen molar-refractivity contribution in [1.82, 2.24) is 4.90 Å². The van der Waals surface area contributed by atoms with Gasteiger partial charge in [0.25, 0.3) is 5.69 Å². The van der Waals surface area contributed by atoms with Crippen LogP contribution in [0.25, 0.3) is 0 Å². The summed E-state index contributed by atoms with van der Waals surface area (Å²) in [7, 11) is 0. The van der Waals surface area contributed by atoms with Crippen molar-refractivity contribution in [2.24, 2.45) is 11.3 Å². The Morgan fingerprint density at radius 3 is 2.57 bits per heavy atom. The average Bonchev–Trinajstić information content (AvgIpc) is 2.62. The summed E-state index contributed by atoms with van der Waals surface area (Å²) >= 11 is 0. The van der Waals surface area contributed by atoms with Gasteiger partial charge in [0.05, 0.1) is 17.6 Å². The minimum absolute atomic E-state index is 0.0533. The summed E-state index contributed by atoms with van der Waals surface area (Å²) < 4.78 is 5.67. The molecular weight excluding hydrogens is 368 g/mol. The Bertz CT molecular complexity index is 850. The van der Waals surface area contributed by atoms with E-state index in [1.807, 2.05) is 0 Å². The van der Waals surface area contributed by atoms with Gasteiger partial charge in [-0.3, -0.25) is 19.7 Å². The number of amides is 1. The Labute approximate surface area is 162 Å². The van der Waals surface area contributed by atoms with Gasteiger partial charge in [0, 0.05) is 24.0 Å². The van der Waals surface area contributed by atoms with Gasteiger partial charge in [0.2, 0.25) is 11.7 Å². The summed E-state index contributed by atoms with van der Waals surface area (Å²) in [5, 5.41) is 32.8. The molecule has 28 heavy (non-hydrogen) atoms. The van der Waals surface area contributed by atoms with Gasteiger partial charge in [0.1, 0.15) is 11.1 Å². The average molecular weight is 392 g/mol. The van der Waals surface area contributed by atoms with Crippen molar-refractivity contribution in [3.63, 3.8) is 0 Å². The van der Waals surface area contributed by atoms with E-state index in [2.05, 4.69) is 0 Å². The number of hydrogen-bond donors (Lipinski definition) is 2. The molecule has 3 unspecified atom stereocenters. The molecule has 0 radical (unpaired) electrons. The number of rotatable bonds is 5. The molecule has 2 heterocycles. The van der Waals surface area contributed by atoms with Gasteiger partial charge >= 0.3 is 0 Å². The van der Waals surface area contributed by atoms with Crippen molar-refractivity contribution in [2.45, 2.75) is 51.7 Å². The van der Waals surface area contributed by atoms with Gasteiger partial charge in [0.15, 0.2) is 5.78 Å². The zero-order valence-corrected chi connectivity index (χ0v) is 16.2. The molecule has 9 heteroatoms. The lowest BCUT2D eigenvalue weighted by molar-refractivity contribution is -0.385. The molecule has 1 aromatic rings. The van der Waals surface area contributed by atoms with Crippen LogP contribution in [0.5, 0.6) is 0 Å². The molecule has 3 rings (SSSR count). The molecule has 2 aliphatic heterocycles. The fraction of sp³-hybridized carbons (Fsp3) is 0.579. The molecule has 1 amide bonds. The molecule has 1 aromatic carbocycles. The Hall–Kier alpha value is -2.36. The lowest BCUT2D eigenvalue weighted by atomic mass is 9.59. The van der Waals surface area contributed by atoms with Gasteiger partial charge in [-0.25, -0.2) is 0 Å². The fourth-order valence-corrected chi connectivity index (χ4v) is 4.37. The van der Waals surface area contributed by atoms with Crippen LogP contribution in [0.3, 0.4) is 0 Å². The zero-order valence-electron chi connectivity index (χ0n) is 16.2. The van der Waals surface area contributed by atoms with E-state index in [0.717, 1.165) is 0 Å². The van der Waals surface area contributed by atoms with Crippen LogP contribution < -0.4 is 0 Å². The maximum atomic E-state index is 12.9. The molecule has 2 aliphatic rings. The molecular formula is C19H24N2O7. The van der Waals surface area contributed by atoms with E-state index >= 15 is 0 Å². The third kappa shape index (κ3) is 2.65. The molecule has 152 valence electrons. The minimum Gasteiger partial charge on any atom is -0.359 e. The first-order valence-electron chi connectivity index (χ1n) is 9.03. The molecule has 2 N–H and O–H groups in total. The van der Waals surface area contributed by atoms with Crippen molar-refractivity contribution >= 4 is 17.4 Å². The van der Waals surface area contributed by atoms with Crippen LogP contribution in [-0.4, -0.2) is 55.9 Å². The number of nitro groups is 1.